The molecule has 4 rings (SSSR count). The van der Waals surface area contributed by atoms with Gasteiger partial charge in [-0.2, -0.15) is 4.31 Å². The Kier molecular flexibility index (Phi) is 6.29. The van der Waals surface area contributed by atoms with Gasteiger partial charge in [-0.3, -0.25) is 4.79 Å². The molecule has 0 N–H and O–H groups in total. The van der Waals surface area contributed by atoms with Crippen molar-refractivity contribution in [2.45, 2.75) is 25.3 Å². The van der Waals surface area contributed by atoms with E-state index >= 15 is 0 Å². The van der Waals surface area contributed by atoms with Crippen molar-refractivity contribution >= 4 is 15.9 Å². The summed E-state index contributed by atoms with van der Waals surface area (Å²) >= 11 is 0. The quantitative estimate of drug-likeness (QED) is 0.567. The molecule has 1 aliphatic rings. The Labute approximate surface area is 187 Å². The minimum absolute atomic E-state index is 0.155. The normalized spacial score (nSPS) is 15.0. The third-order valence-electron chi connectivity index (χ3n) is 5.50. The molecule has 0 radical (unpaired) electrons. The highest BCUT2D eigenvalue weighted by atomic mass is 32.2. The lowest BCUT2D eigenvalue weighted by atomic mass is 10.1. The molecule has 8 nitrogen and oxygen atoms in total. The Morgan fingerprint density at radius 3 is 2.31 bits per heavy atom. The average molecular weight is 456 g/mol. The fourth-order valence-electron chi connectivity index (χ4n) is 3.54. The highest BCUT2D eigenvalue weighted by molar-refractivity contribution is 7.89. The van der Waals surface area contributed by atoms with Crippen LogP contribution in [0.4, 0.5) is 0 Å². The number of nitrogens with zero attached hydrogens (tertiary/aromatic N) is 3. The molecule has 32 heavy (non-hydrogen) atoms. The monoisotopic (exact) mass is 455 g/mol. The zero-order chi connectivity index (χ0) is 22.7. The highest BCUT2D eigenvalue weighted by Crippen LogP contribution is 2.22. The molecule has 0 aliphatic carbocycles. The summed E-state index contributed by atoms with van der Waals surface area (Å²) < 4.78 is 38.1. The summed E-state index contributed by atoms with van der Waals surface area (Å²) in [5.41, 5.74) is 1.92. The van der Waals surface area contributed by atoms with E-state index in [4.69, 9.17) is 9.26 Å². The van der Waals surface area contributed by atoms with Gasteiger partial charge in [0.1, 0.15) is 18.1 Å². The van der Waals surface area contributed by atoms with Crippen molar-refractivity contribution in [2.24, 2.45) is 0 Å². The van der Waals surface area contributed by atoms with E-state index in [1.807, 2.05) is 31.2 Å². The van der Waals surface area contributed by atoms with Gasteiger partial charge in [-0.25, -0.2) is 8.42 Å². The van der Waals surface area contributed by atoms with E-state index in [0.29, 0.717) is 17.1 Å². The van der Waals surface area contributed by atoms with Gasteiger partial charge >= 0.3 is 0 Å². The van der Waals surface area contributed by atoms with E-state index in [1.165, 1.54) is 4.31 Å². The second kappa shape index (κ2) is 9.13. The lowest BCUT2D eigenvalue weighted by Crippen LogP contribution is -2.50. The largest absolute Gasteiger partial charge is 0.489 e. The summed E-state index contributed by atoms with van der Waals surface area (Å²) in [4.78, 5) is 14.9. The van der Waals surface area contributed by atoms with Crippen LogP contribution >= 0.6 is 0 Å². The molecule has 0 spiro atoms. The van der Waals surface area contributed by atoms with Gasteiger partial charge in [-0.15, -0.1) is 0 Å². The molecule has 2 heterocycles. The van der Waals surface area contributed by atoms with Crippen LogP contribution in [0.15, 0.2) is 64.0 Å². The number of carbonyl (C=O) groups is 1. The number of hydrogen-bond acceptors (Lipinski definition) is 6. The first-order valence-corrected chi connectivity index (χ1v) is 11.8. The van der Waals surface area contributed by atoms with Crippen molar-refractivity contribution in [3.05, 3.63) is 77.2 Å². The first-order chi connectivity index (χ1) is 15.4. The number of hydrogen-bond donors (Lipinski definition) is 0. The summed E-state index contributed by atoms with van der Waals surface area (Å²) in [5.74, 6) is 0.918. The predicted octanol–water partition coefficient (Wildman–Crippen LogP) is 3.02. The van der Waals surface area contributed by atoms with Gasteiger partial charge in [-0.1, -0.05) is 41.1 Å². The van der Waals surface area contributed by atoms with E-state index in [1.54, 1.807) is 42.2 Å². The molecule has 1 amide bonds. The topological polar surface area (TPSA) is 93.0 Å². The van der Waals surface area contributed by atoms with Gasteiger partial charge in [0.2, 0.25) is 10.0 Å². The Balaban J connectivity index is 1.42. The van der Waals surface area contributed by atoms with E-state index in [9.17, 15) is 13.2 Å². The fraction of sp³-hybridized carbons (Fsp3) is 0.304. The average Bonchev–Trinajstić information content (AvgIpc) is 3.19. The summed E-state index contributed by atoms with van der Waals surface area (Å²) in [6.07, 6.45) is 0. The molecule has 0 atom stereocenters. The van der Waals surface area contributed by atoms with Crippen molar-refractivity contribution < 1.29 is 22.5 Å². The van der Waals surface area contributed by atoms with Crippen LogP contribution in [0.3, 0.4) is 0 Å². The lowest BCUT2D eigenvalue weighted by Gasteiger charge is -2.33. The van der Waals surface area contributed by atoms with Crippen LogP contribution in [0.5, 0.6) is 5.75 Å². The molecule has 3 aromatic rings. The predicted molar refractivity (Wildman–Crippen MR) is 118 cm³/mol. The molecule has 9 heteroatoms. The van der Waals surface area contributed by atoms with Gasteiger partial charge in [0.05, 0.1) is 10.5 Å². The van der Waals surface area contributed by atoms with Crippen molar-refractivity contribution in [3.8, 4) is 5.75 Å². The van der Waals surface area contributed by atoms with Crippen molar-refractivity contribution in [1.29, 1.82) is 0 Å². The summed E-state index contributed by atoms with van der Waals surface area (Å²) in [5, 5.41) is 3.95. The number of carbonyl (C=O) groups excluding carboxylic acids is 1. The van der Waals surface area contributed by atoms with Crippen LogP contribution in [0.25, 0.3) is 0 Å². The molecule has 1 aliphatic heterocycles. The number of rotatable bonds is 6. The Hall–Kier alpha value is -3.17. The van der Waals surface area contributed by atoms with Gasteiger partial charge in [0.25, 0.3) is 5.91 Å². The van der Waals surface area contributed by atoms with Gasteiger partial charge in [-0.05, 0) is 38.1 Å². The van der Waals surface area contributed by atoms with Gasteiger partial charge < -0.3 is 14.2 Å². The number of aromatic nitrogens is 1. The van der Waals surface area contributed by atoms with E-state index in [2.05, 4.69) is 5.16 Å². The molecule has 0 bridgehead atoms. The summed E-state index contributed by atoms with van der Waals surface area (Å²) in [6, 6.07) is 15.9. The molecular formula is C23H25N3O5S. The first-order valence-electron chi connectivity index (χ1n) is 10.4. The Morgan fingerprint density at radius 1 is 1.00 bits per heavy atom. The number of amides is 1. The van der Waals surface area contributed by atoms with Crippen molar-refractivity contribution in [1.82, 2.24) is 14.4 Å². The molecule has 2 aromatic carbocycles. The van der Waals surface area contributed by atoms with Crippen molar-refractivity contribution in [3.63, 3.8) is 0 Å². The van der Waals surface area contributed by atoms with E-state index in [0.717, 1.165) is 5.56 Å². The molecule has 1 aromatic heterocycles. The van der Waals surface area contributed by atoms with Crippen molar-refractivity contribution in [2.75, 3.05) is 26.2 Å². The number of benzene rings is 2. The van der Waals surface area contributed by atoms with E-state index in [-0.39, 0.29) is 49.3 Å². The maximum Gasteiger partial charge on any atom is 0.276 e. The maximum absolute atomic E-state index is 13.1. The van der Waals surface area contributed by atoms with Gasteiger partial charge in [0, 0.05) is 26.2 Å². The maximum atomic E-state index is 13.1. The second-order valence-electron chi connectivity index (χ2n) is 7.68. The molecule has 0 saturated carbocycles. The number of aryl methyl sites for hydroxylation is 2. The third-order valence-corrected chi connectivity index (χ3v) is 7.41. The first kappa shape index (κ1) is 22.0. The third kappa shape index (κ3) is 4.53. The molecule has 1 saturated heterocycles. The lowest BCUT2D eigenvalue weighted by molar-refractivity contribution is 0.0685. The van der Waals surface area contributed by atoms with Gasteiger partial charge in [0.15, 0.2) is 5.69 Å². The molecule has 0 unspecified atom stereocenters. The smallest absolute Gasteiger partial charge is 0.276 e. The van der Waals surface area contributed by atoms with Crippen LogP contribution < -0.4 is 4.74 Å². The Morgan fingerprint density at radius 2 is 1.66 bits per heavy atom. The van der Waals surface area contributed by atoms with Crippen LogP contribution in [-0.2, 0) is 16.6 Å². The second-order valence-corrected chi connectivity index (χ2v) is 9.61. The SMILES string of the molecule is Cc1ccc(OCc2c(C(=O)N3CCN(S(=O)(=O)c4ccccc4)CC3)noc2C)cc1. The number of ether oxygens (including phenoxy) is 1. The summed E-state index contributed by atoms with van der Waals surface area (Å²) in [6.45, 7) is 4.87. The molecule has 168 valence electrons. The zero-order valence-electron chi connectivity index (χ0n) is 18.0. The minimum atomic E-state index is -3.58. The van der Waals surface area contributed by atoms with Crippen LogP contribution in [0, 0.1) is 13.8 Å². The molecular weight excluding hydrogens is 430 g/mol. The summed E-state index contributed by atoms with van der Waals surface area (Å²) in [7, 11) is -3.58. The number of sulfonamides is 1. The van der Waals surface area contributed by atoms with Crippen LogP contribution in [0.2, 0.25) is 0 Å². The van der Waals surface area contributed by atoms with Crippen LogP contribution in [-0.4, -0.2) is 54.9 Å². The highest BCUT2D eigenvalue weighted by Gasteiger charge is 2.32. The zero-order valence-corrected chi connectivity index (χ0v) is 18.8. The molecule has 1 fully saturated rings. The van der Waals surface area contributed by atoms with E-state index < -0.39 is 10.0 Å². The van der Waals surface area contributed by atoms with Crippen LogP contribution in [0.1, 0.15) is 27.4 Å². The standard InChI is InChI=1S/C23H25N3O5S/c1-17-8-10-19(11-9-17)30-16-21-18(2)31-24-22(21)23(27)25-12-14-26(15-13-25)32(28,29)20-6-4-3-5-7-20/h3-11H,12-16H2,1-2H3. The minimum Gasteiger partial charge on any atom is -0.489 e. The fourth-order valence-corrected chi connectivity index (χ4v) is 4.99. The Bertz CT molecular complexity index is 1180. The number of piperazine rings is 1.